The molecular weight excluding hydrogens is 349 g/mol. The van der Waals surface area contributed by atoms with Crippen LogP contribution >= 0.6 is 33.9 Å². The smallest absolute Gasteiger partial charge is 0.324 e. The molecule has 4 nitrogen and oxygen atoms in total. The van der Waals surface area contributed by atoms with Gasteiger partial charge in [-0.1, -0.05) is 27.7 Å². The highest BCUT2D eigenvalue weighted by atomic mass is 127. The van der Waals surface area contributed by atoms with E-state index in [9.17, 15) is 0 Å². The summed E-state index contributed by atoms with van der Waals surface area (Å²) in [4.78, 5) is 6.63. The highest BCUT2D eigenvalue weighted by molar-refractivity contribution is 14.1. The van der Waals surface area contributed by atoms with Crippen molar-refractivity contribution in [1.82, 2.24) is 10.1 Å². The van der Waals surface area contributed by atoms with Crippen LogP contribution in [0.3, 0.4) is 0 Å². The van der Waals surface area contributed by atoms with Crippen molar-refractivity contribution >= 4 is 39.9 Å². The minimum absolute atomic E-state index is 0.662. The van der Waals surface area contributed by atoms with E-state index in [-0.39, 0.29) is 0 Å². The van der Waals surface area contributed by atoms with Crippen molar-refractivity contribution in [2.45, 2.75) is 16.8 Å². The number of rotatable bonds is 2. The summed E-state index contributed by atoms with van der Waals surface area (Å²) in [6, 6.07) is 2.67. The molecule has 2 aromatic heterocycles. The van der Waals surface area contributed by atoms with Crippen molar-refractivity contribution in [1.29, 1.82) is 0 Å². The van der Waals surface area contributed by atoms with Crippen LogP contribution in [0.15, 0.2) is 21.3 Å². The topological polar surface area (TPSA) is 42.2 Å². The Hall–Kier alpha value is -0.630. The molecule has 0 amide bonds. The summed E-state index contributed by atoms with van der Waals surface area (Å²) in [5.74, 6) is 0.692. The molecule has 0 aromatic carbocycles. The molecule has 0 aliphatic carbocycles. The van der Waals surface area contributed by atoms with Gasteiger partial charge in [0.25, 0.3) is 0 Å². The summed E-state index contributed by atoms with van der Waals surface area (Å²) in [6.07, 6.45) is 2.38. The van der Waals surface area contributed by atoms with E-state index < -0.39 is 0 Å². The first kappa shape index (κ1) is 11.5. The number of nitrogens with zero attached hydrogens (tertiary/aromatic N) is 3. The summed E-state index contributed by atoms with van der Waals surface area (Å²) >= 11 is 4.15. The predicted molar refractivity (Wildman–Crippen MR) is 76.9 cm³/mol. The number of anilines is 1. The quantitative estimate of drug-likeness (QED) is 0.609. The molecule has 1 saturated heterocycles. The maximum absolute atomic E-state index is 5.33. The lowest BCUT2D eigenvalue weighted by Crippen LogP contribution is -2.33. The van der Waals surface area contributed by atoms with Crippen molar-refractivity contribution in [3.8, 4) is 11.4 Å². The predicted octanol–water partition coefficient (Wildman–Crippen LogP) is 3.20. The van der Waals surface area contributed by atoms with Gasteiger partial charge in [0.15, 0.2) is 0 Å². The van der Waals surface area contributed by atoms with Crippen LogP contribution in [0.5, 0.6) is 0 Å². The van der Waals surface area contributed by atoms with Crippen LogP contribution in [0.2, 0.25) is 0 Å². The first-order chi connectivity index (χ1) is 8.33. The van der Waals surface area contributed by atoms with Crippen molar-refractivity contribution in [3.63, 3.8) is 0 Å². The molecule has 90 valence electrons. The van der Waals surface area contributed by atoms with Crippen LogP contribution in [0.4, 0.5) is 6.01 Å². The Balaban J connectivity index is 1.76. The molecule has 1 fully saturated rings. The van der Waals surface area contributed by atoms with E-state index in [0.29, 0.717) is 11.8 Å². The monoisotopic (exact) mass is 361 g/mol. The lowest BCUT2D eigenvalue weighted by Gasteiger charge is -2.27. The Morgan fingerprint density at radius 3 is 2.94 bits per heavy atom. The van der Waals surface area contributed by atoms with Gasteiger partial charge in [0.1, 0.15) is 0 Å². The second kappa shape index (κ2) is 4.93. The molecule has 0 bridgehead atoms. The summed E-state index contributed by atoms with van der Waals surface area (Å²) in [5, 5.41) is 8.08. The van der Waals surface area contributed by atoms with Crippen molar-refractivity contribution in [3.05, 3.63) is 16.8 Å². The van der Waals surface area contributed by atoms with Gasteiger partial charge < -0.3 is 9.42 Å². The van der Waals surface area contributed by atoms with Gasteiger partial charge in [0, 0.05) is 28.0 Å². The minimum Gasteiger partial charge on any atom is -0.324 e. The van der Waals surface area contributed by atoms with Crippen LogP contribution in [0.1, 0.15) is 12.8 Å². The molecule has 2 aromatic rings. The molecule has 17 heavy (non-hydrogen) atoms. The standard InChI is InChI=1S/C11H12IN3OS/c12-9-1-4-15(5-2-9)11-13-10(14-16-11)8-3-6-17-7-8/h3,6-7,9H,1-2,4-5H2. The van der Waals surface area contributed by atoms with E-state index in [0.717, 1.165) is 22.6 Å². The van der Waals surface area contributed by atoms with Crippen LogP contribution < -0.4 is 4.90 Å². The van der Waals surface area contributed by atoms with Gasteiger partial charge in [-0.05, 0) is 24.3 Å². The Morgan fingerprint density at radius 2 is 2.24 bits per heavy atom. The zero-order chi connectivity index (χ0) is 11.7. The number of hydrogen-bond donors (Lipinski definition) is 0. The third-order valence-electron chi connectivity index (χ3n) is 2.89. The number of thiophene rings is 1. The van der Waals surface area contributed by atoms with Crippen LogP contribution in [-0.4, -0.2) is 27.2 Å². The van der Waals surface area contributed by atoms with Crippen molar-refractivity contribution in [2.75, 3.05) is 18.0 Å². The van der Waals surface area contributed by atoms with Gasteiger partial charge in [-0.25, -0.2) is 0 Å². The van der Waals surface area contributed by atoms with Gasteiger partial charge in [-0.3, -0.25) is 0 Å². The first-order valence-electron chi connectivity index (χ1n) is 5.58. The van der Waals surface area contributed by atoms with E-state index in [2.05, 4.69) is 37.6 Å². The largest absolute Gasteiger partial charge is 0.324 e. The average Bonchev–Trinajstić information content (AvgIpc) is 3.00. The fraction of sp³-hybridized carbons (Fsp3) is 0.455. The highest BCUT2D eigenvalue weighted by Gasteiger charge is 2.21. The van der Waals surface area contributed by atoms with E-state index >= 15 is 0 Å². The summed E-state index contributed by atoms with van der Waals surface area (Å²) in [6.45, 7) is 2.03. The summed E-state index contributed by atoms with van der Waals surface area (Å²) < 4.78 is 6.11. The van der Waals surface area contributed by atoms with E-state index in [1.807, 2.05) is 16.8 Å². The Bertz CT molecular complexity index is 477. The molecule has 3 heterocycles. The van der Waals surface area contributed by atoms with Gasteiger partial charge >= 0.3 is 6.01 Å². The molecular formula is C11H12IN3OS. The molecule has 0 unspecified atom stereocenters. The molecule has 0 atom stereocenters. The molecule has 0 N–H and O–H groups in total. The SMILES string of the molecule is IC1CCN(c2nc(-c3ccsc3)no2)CC1. The minimum atomic E-state index is 0.662. The lowest BCUT2D eigenvalue weighted by molar-refractivity contribution is 0.405. The molecule has 0 radical (unpaired) electrons. The summed E-state index contributed by atoms with van der Waals surface area (Å²) in [7, 11) is 0. The third-order valence-corrected chi connectivity index (χ3v) is 4.82. The second-order valence-corrected chi connectivity index (χ2v) is 6.62. The van der Waals surface area contributed by atoms with Crippen LogP contribution in [0.25, 0.3) is 11.4 Å². The number of halogens is 1. The number of alkyl halides is 1. The molecule has 6 heteroatoms. The zero-order valence-corrected chi connectivity index (χ0v) is 12.1. The van der Waals surface area contributed by atoms with Crippen molar-refractivity contribution < 1.29 is 4.52 Å². The molecule has 1 aliphatic heterocycles. The molecule has 0 spiro atoms. The van der Waals surface area contributed by atoms with Gasteiger partial charge in [-0.2, -0.15) is 16.3 Å². The maximum Gasteiger partial charge on any atom is 0.324 e. The first-order valence-corrected chi connectivity index (χ1v) is 7.77. The van der Waals surface area contributed by atoms with E-state index in [1.165, 1.54) is 12.8 Å². The van der Waals surface area contributed by atoms with Gasteiger partial charge in [0.05, 0.1) is 0 Å². The number of aromatic nitrogens is 2. The fourth-order valence-electron chi connectivity index (χ4n) is 1.89. The number of piperidine rings is 1. The number of hydrogen-bond acceptors (Lipinski definition) is 5. The van der Waals surface area contributed by atoms with E-state index in [4.69, 9.17) is 4.52 Å². The van der Waals surface area contributed by atoms with Gasteiger partial charge in [-0.15, -0.1) is 0 Å². The van der Waals surface area contributed by atoms with Crippen LogP contribution in [0, 0.1) is 0 Å². The van der Waals surface area contributed by atoms with E-state index in [1.54, 1.807) is 11.3 Å². The summed E-state index contributed by atoms with van der Waals surface area (Å²) in [5.41, 5.74) is 1.04. The third kappa shape index (κ3) is 2.47. The van der Waals surface area contributed by atoms with Gasteiger partial charge in [0.2, 0.25) is 5.82 Å². The lowest BCUT2D eigenvalue weighted by atomic mass is 10.1. The van der Waals surface area contributed by atoms with Crippen LogP contribution in [-0.2, 0) is 0 Å². The Morgan fingerprint density at radius 1 is 1.41 bits per heavy atom. The fourth-order valence-corrected chi connectivity index (χ4v) is 3.08. The Labute approximate surface area is 117 Å². The molecule has 3 rings (SSSR count). The zero-order valence-electron chi connectivity index (χ0n) is 9.17. The molecule has 0 saturated carbocycles. The molecule has 1 aliphatic rings. The average molecular weight is 361 g/mol. The maximum atomic E-state index is 5.33. The highest BCUT2D eigenvalue weighted by Crippen LogP contribution is 2.25. The van der Waals surface area contributed by atoms with Crippen molar-refractivity contribution in [2.24, 2.45) is 0 Å². The second-order valence-electron chi connectivity index (χ2n) is 4.07. The Kier molecular flexibility index (Phi) is 3.32. The normalized spacial score (nSPS) is 17.6.